The van der Waals surface area contributed by atoms with Gasteiger partial charge in [-0.15, -0.1) is 0 Å². The number of hydrogen-bond acceptors (Lipinski definition) is 6. The van der Waals surface area contributed by atoms with E-state index >= 15 is 0 Å². The van der Waals surface area contributed by atoms with Gasteiger partial charge in [0, 0.05) is 7.05 Å². The summed E-state index contributed by atoms with van der Waals surface area (Å²) in [7, 11) is 1.98. The molecule has 0 radical (unpaired) electrons. The van der Waals surface area contributed by atoms with Gasteiger partial charge in [0.2, 0.25) is 5.90 Å². The van der Waals surface area contributed by atoms with Crippen LogP contribution in [0.4, 0.5) is 11.4 Å². The topological polar surface area (TPSA) is 63.2 Å². The Morgan fingerprint density at radius 3 is 2.82 bits per heavy atom. The lowest BCUT2D eigenvalue weighted by molar-refractivity contribution is -0.146. The van der Waals surface area contributed by atoms with Crippen LogP contribution in [0.25, 0.3) is 0 Å². The van der Waals surface area contributed by atoms with Crippen molar-refractivity contribution in [3.63, 3.8) is 0 Å². The zero-order chi connectivity index (χ0) is 15.7. The molecular weight excluding hydrogens is 282 g/mol. The summed E-state index contributed by atoms with van der Waals surface area (Å²) >= 11 is 0. The van der Waals surface area contributed by atoms with E-state index in [2.05, 4.69) is 15.2 Å². The number of aliphatic imine (C=N–C) groups is 1. The summed E-state index contributed by atoms with van der Waals surface area (Å²) in [4.78, 5) is 19.1. The molecule has 22 heavy (non-hydrogen) atoms. The standard InChI is InChI=1S/C16H21N3O3/c1-4-21-15-12(16(20)22-5-2)13-14(18-15)17-10-8-6-7-9-11(10)19(13)3/h6-9,12-14,17H,4-5H2,1-3H3. The third kappa shape index (κ3) is 2.28. The summed E-state index contributed by atoms with van der Waals surface area (Å²) in [5.74, 6) is -0.325. The summed E-state index contributed by atoms with van der Waals surface area (Å²) in [6.45, 7) is 4.52. The van der Waals surface area contributed by atoms with Crippen molar-refractivity contribution in [1.82, 2.24) is 0 Å². The summed E-state index contributed by atoms with van der Waals surface area (Å²) < 4.78 is 10.8. The van der Waals surface area contributed by atoms with E-state index in [4.69, 9.17) is 9.47 Å². The van der Waals surface area contributed by atoms with E-state index in [1.807, 2.05) is 38.2 Å². The van der Waals surface area contributed by atoms with Gasteiger partial charge in [0.05, 0.1) is 30.6 Å². The van der Waals surface area contributed by atoms with Crippen molar-refractivity contribution in [1.29, 1.82) is 0 Å². The van der Waals surface area contributed by atoms with Crippen LogP contribution in [-0.2, 0) is 14.3 Å². The van der Waals surface area contributed by atoms with Crippen molar-refractivity contribution < 1.29 is 14.3 Å². The van der Waals surface area contributed by atoms with Gasteiger partial charge in [-0.3, -0.25) is 4.79 Å². The zero-order valence-electron chi connectivity index (χ0n) is 13.1. The van der Waals surface area contributed by atoms with Gasteiger partial charge in [0.1, 0.15) is 6.17 Å². The lowest BCUT2D eigenvalue weighted by Gasteiger charge is -2.39. The van der Waals surface area contributed by atoms with Gasteiger partial charge in [-0.05, 0) is 26.0 Å². The summed E-state index contributed by atoms with van der Waals surface area (Å²) in [6.07, 6.45) is -0.212. The molecule has 0 saturated carbocycles. The molecule has 0 aromatic heterocycles. The predicted octanol–water partition coefficient (Wildman–Crippen LogP) is 1.87. The third-order valence-corrected chi connectivity index (χ3v) is 4.06. The molecule has 6 heteroatoms. The van der Waals surface area contributed by atoms with Crippen LogP contribution in [-0.4, -0.2) is 44.3 Å². The van der Waals surface area contributed by atoms with E-state index in [0.29, 0.717) is 19.1 Å². The smallest absolute Gasteiger partial charge is 0.320 e. The van der Waals surface area contributed by atoms with Crippen LogP contribution < -0.4 is 10.2 Å². The first kappa shape index (κ1) is 14.7. The number of carbonyl (C=O) groups is 1. The van der Waals surface area contributed by atoms with Gasteiger partial charge < -0.3 is 19.7 Å². The largest absolute Gasteiger partial charge is 0.481 e. The highest BCUT2D eigenvalue weighted by atomic mass is 16.5. The number of esters is 1. The quantitative estimate of drug-likeness (QED) is 0.864. The maximum Gasteiger partial charge on any atom is 0.320 e. The molecule has 0 aliphatic carbocycles. The predicted molar refractivity (Wildman–Crippen MR) is 85.2 cm³/mol. The van der Waals surface area contributed by atoms with Gasteiger partial charge in [-0.25, -0.2) is 4.99 Å². The second-order valence-electron chi connectivity index (χ2n) is 5.34. The fourth-order valence-electron chi connectivity index (χ4n) is 3.15. The van der Waals surface area contributed by atoms with Crippen LogP contribution in [0.2, 0.25) is 0 Å². The first-order valence-electron chi connectivity index (χ1n) is 7.62. The highest BCUT2D eigenvalue weighted by Crippen LogP contribution is 2.39. The minimum Gasteiger partial charge on any atom is -0.481 e. The number of nitrogens with one attached hydrogen (secondary N) is 1. The molecule has 1 aromatic rings. The molecule has 0 saturated heterocycles. The molecule has 0 fully saturated rings. The average molecular weight is 303 g/mol. The number of fused-ring (bicyclic) bond motifs is 2. The lowest BCUT2D eigenvalue weighted by Crippen LogP contribution is -2.52. The molecule has 118 valence electrons. The van der Waals surface area contributed by atoms with E-state index in [1.165, 1.54) is 0 Å². The first-order chi connectivity index (χ1) is 10.7. The number of nitrogens with zero attached hydrogens (tertiary/aromatic N) is 2. The molecule has 0 spiro atoms. The molecule has 1 N–H and O–H groups in total. The molecule has 3 unspecified atom stereocenters. The second kappa shape index (κ2) is 5.87. The average Bonchev–Trinajstić information content (AvgIpc) is 2.86. The number of carbonyl (C=O) groups excluding carboxylic acids is 1. The Hall–Kier alpha value is -2.24. The van der Waals surface area contributed by atoms with Crippen LogP contribution in [0.3, 0.4) is 0 Å². The Balaban J connectivity index is 1.96. The molecule has 2 aliphatic heterocycles. The van der Waals surface area contributed by atoms with Gasteiger partial charge >= 0.3 is 5.97 Å². The van der Waals surface area contributed by atoms with Crippen molar-refractivity contribution in [2.24, 2.45) is 10.9 Å². The number of benzene rings is 1. The van der Waals surface area contributed by atoms with Crippen LogP contribution in [0.15, 0.2) is 29.3 Å². The second-order valence-corrected chi connectivity index (χ2v) is 5.34. The third-order valence-electron chi connectivity index (χ3n) is 4.06. The number of ether oxygens (including phenoxy) is 2. The van der Waals surface area contributed by atoms with E-state index in [0.717, 1.165) is 11.4 Å². The van der Waals surface area contributed by atoms with Crippen LogP contribution in [0, 0.1) is 5.92 Å². The van der Waals surface area contributed by atoms with E-state index < -0.39 is 5.92 Å². The number of rotatable bonds is 3. The van der Waals surface area contributed by atoms with Gasteiger partial charge in [-0.2, -0.15) is 0 Å². The minimum absolute atomic E-state index is 0.143. The Morgan fingerprint density at radius 1 is 1.32 bits per heavy atom. The monoisotopic (exact) mass is 303 g/mol. The Bertz CT molecular complexity index is 602. The van der Waals surface area contributed by atoms with Gasteiger partial charge in [0.25, 0.3) is 0 Å². The van der Waals surface area contributed by atoms with E-state index in [9.17, 15) is 4.79 Å². The van der Waals surface area contributed by atoms with E-state index in [-0.39, 0.29) is 18.2 Å². The molecule has 2 heterocycles. The highest BCUT2D eigenvalue weighted by molar-refractivity contribution is 6.02. The minimum atomic E-state index is -0.504. The van der Waals surface area contributed by atoms with Crippen LogP contribution in [0.5, 0.6) is 0 Å². The summed E-state index contributed by atoms with van der Waals surface area (Å²) in [5, 5.41) is 3.39. The molecule has 0 amide bonds. The molecule has 2 aliphatic rings. The van der Waals surface area contributed by atoms with Crippen LogP contribution in [0.1, 0.15) is 13.8 Å². The van der Waals surface area contributed by atoms with Gasteiger partial charge in [-0.1, -0.05) is 12.1 Å². The summed E-state index contributed by atoms with van der Waals surface area (Å²) in [6, 6.07) is 7.85. The molecule has 3 rings (SSSR count). The molecular formula is C16H21N3O3. The van der Waals surface area contributed by atoms with Crippen molar-refractivity contribution in [3.8, 4) is 0 Å². The lowest BCUT2D eigenvalue weighted by atomic mass is 9.96. The number of hydrogen-bond donors (Lipinski definition) is 1. The maximum absolute atomic E-state index is 12.4. The Labute approximate surface area is 130 Å². The fourth-order valence-corrected chi connectivity index (χ4v) is 3.15. The van der Waals surface area contributed by atoms with Gasteiger partial charge in [0.15, 0.2) is 5.92 Å². The highest BCUT2D eigenvalue weighted by Gasteiger charge is 2.50. The SMILES string of the molecule is CCOC(=O)C1C(OCC)=NC2Nc3ccccc3N(C)C21. The van der Waals surface area contributed by atoms with Crippen molar-refractivity contribution in [2.75, 3.05) is 30.5 Å². The molecule has 1 aromatic carbocycles. The Kier molecular flexibility index (Phi) is 3.92. The summed E-state index contributed by atoms with van der Waals surface area (Å²) in [5.41, 5.74) is 2.06. The van der Waals surface area contributed by atoms with Crippen molar-refractivity contribution in [3.05, 3.63) is 24.3 Å². The number of anilines is 2. The Morgan fingerprint density at radius 2 is 2.09 bits per heavy atom. The number of likely N-dealkylation sites (N-methyl/N-ethyl adjacent to an activating group) is 1. The normalized spacial score (nSPS) is 25.7. The maximum atomic E-state index is 12.4. The fraction of sp³-hybridized carbons (Fsp3) is 0.500. The van der Waals surface area contributed by atoms with E-state index in [1.54, 1.807) is 6.92 Å². The molecule has 3 atom stereocenters. The zero-order valence-corrected chi connectivity index (χ0v) is 13.1. The van der Waals surface area contributed by atoms with Crippen molar-refractivity contribution >= 4 is 23.2 Å². The number of para-hydroxylation sites is 2. The van der Waals surface area contributed by atoms with Crippen molar-refractivity contribution in [2.45, 2.75) is 26.1 Å². The van der Waals surface area contributed by atoms with Crippen LogP contribution >= 0.6 is 0 Å². The molecule has 0 bridgehead atoms. The molecule has 6 nitrogen and oxygen atoms in total. The first-order valence-corrected chi connectivity index (χ1v) is 7.62.